The summed E-state index contributed by atoms with van der Waals surface area (Å²) in [6.45, 7) is 2.19. The number of rotatable bonds is 3. The second-order valence-electron chi connectivity index (χ2n) is 5.09. The summed E-state index contributed by atoms with van der Waals surface area (Å²) < 4.78 is 13.5. The largest absolute Gasteiger partial charge is 0.349 e. The highest BCUT2D eigenvalue weighted by molar-refractivity contribution is 5.94. The standard InChI is InChI=1S/C15H20FNO/c1-2-11-6-5-7-12(10-11)17-15(18)13-8-3-4-9-14(13)16/h3-4,8-9,11-12H,2,5-7,10H2,1H3,(H,17,18). The number of hydrogen-bond acceptors (Lipinski definition) is 1. The minimum atomic E-state index is -0.446. The van der Waals surface area contributed by atoms with Crippen molar-refractivity contribution in [2.75, 3.05) is 0 Å². The van der Waals surface area contributed by atoms with Crippen LogP contribution in [0.3, 0.4) is 0 Å². The average Bonchev–Trinajstić information content (AvgIpc) is 2.39. The molecule has 18 heavy (non-hydrogen) atoms. The molecule has 1 amide bonds. The number of hydrogen-bond donors (Lipinski definition) is 1. The lowest BCUT2D eigenvalue weighted by Crippen LogP contribution is -2.38. The SMILES string of the molecule is CCC1CCCC(NC(=O)c2ccccc2F)C1. The van der Waals surface area contributed by atoms with E-state index in [1.165, 1.54) is 18.6 Å². The first kappa shape index (κ1) is 13.1. The smallest absolute Gasteiger partial charge is 0.254 e. The van der Waals surface area contributed by atoms with Gasteiger partial charge < -0.3 is 5.32 Å². The van der Waals surface area contributed by atoms with Crippen LogP contribution in [0.1, 0.15) is 49.4 Å². The van der Waals surface area contributed by atoms with Gasteiger partial charge >= 0.3 is 0 Å². The molecule has 1 saturated carbocycles. The quantitative estimate of drug-likeness (QED) is 0.872. The second-order valence-corrected chi connectivity index (χ2v) is 5.09. The van der Waals surface area contributed by atoms with Gasteiger partial charge in [0.15, 0.2) is 0 Å². The van der Waals surface area contributed by atoms with Gasteiger partial charge in [0, 0.05) is 6.04 Å². The fourth-order valence-corrected chi connectivity index (χ4v) is 2.70. The molecule has 2 nitrogen and oxygen atoms in total. The highest BCUT2D eigenvalue weighted by Gasteiger charge is 2.23. The molecule has 98 valence electrons. The van der Waals surface area contributed by atoms with Gasteiger partial charge in [0.25, 0.3) is 5.91 Å². The molecule has 0 spiro atoms. The van der Waals surface area contributed by atoms with Crippen LogP contribution in [0.5, 0.6) is 0 Å². The summed E-state index contributed by atoms with van der Waals surface area (Å²) in [4.78, 5) is 12.0. The maximum Gasteiger partial charge on any atom is 0.254 e. The zero-order valence-electron chi connectivity index (χ0n) is 10.8. The number of carbonyl (C=O) groups is 1. The number of nitrogens with one attached hydrogen (secondary N) is 1. The Morgan fingerprint density at radius 2 is 2.17 bits per heavy atom. The van der Waals surface area contributed by atoms with Gasteiger partial charge in [0.05, 0.1) is 5.56 Å². The van der Waals surface area contributed by atoms with Crippen molar-refractivity contribution in [3.63, 3.8) is 0 Å². The van der Waals surface area contributed by atoms with Crippen LogP contribution in [-0.2, 0) is 0 Å². The zero-order chi connectivity index (χ0) is 13.0. The van der Waals surface area contributed by atoms with E-state index in [0.29, 0.717) is 5.92 Å². The Morgan fingerprint density at radius 1 is 1.39 bits per heavy atom. The van der Waals surface area contributed by atoms with E-state index in [0.717, 1.165) is 25.7 Å². The first-order valence-corrected chi connectivity index (χ1v) is 6.76. The fourth-order valence-electron chi connectivity index (χ4n) is 2.70. The Morgan fingerprint density at radius 3 is 2.89 bits per heavy atom. The predicted octanol–water partition coefficient (Wildman–Crippen LogP) is 3.52. The van der Waals surface area contributed by atoms with Gasteiger partial charge in [0.2, 0.25) is 0 Å². The molecule has 1 N–H and O–H groups in total. The third kappa shape index (κ3) is 3.09. The summed E-state index contributed by atoms with van der Waals surface area (Å²) in [6, 6.07) is 6.35. The molecule has 0 heterocycles. The molecule has 0 aromatic heterocycles. The van der Waals surface area contributed by atoms with Gasteiger partial charge in [-0.05, 0) is 30.9 Å². The van der Waals surface area contributed by atoms with Crippen molar-refractivity contribution in [3.8, 4) is 0 Å². The molecule has 0 aliphatic heterocycles. The Bertz CT molecular complexity index is 419. The van der Waals surface area contributed by atoms with E-state index in [1.807, 2.05) is 0 Å². The van der Waals surface area contributed by atoms with Crippen LogP contribution in [-0.4, -0.2) is 11.9 Å². The maximum absolute atomic E-state index is 13.5. The van der Waals surface area contributed by atoms with Crippen LogP contribution in [0, 0.1) is 11.7 Å². The number of amides is 1. The van der Waals surface area contributed by atoms with Crippen LogP contribution in [0.2, 0.25) is 0 Å². The minimum absolute atomic E-state index is 0.149. The van der Waals surface area contributed by atoms with Crippen molar-refractivity contribution in [3.05, 3.63) is 35.6 Å². The van der Waals surface area contributed by atoms with E-state index in [-0.39, 0.29) is 17.5 Å². The van der Waals surface area contributed by atoms with Gasteiger partial charge in [-0.15, -0.1) is 0 Å². The summed E-state index contributed by atoms with van der Waals surface area (Å²) in [5, 5.41) is 2.96. The third-order valence-electron chi connectivity index (χ3n) is 3.81. The molecule has 1 aliphatic carbocycles. The first-order valence-electron chi connectivity index (χ1n) is 6.76. The van der Waals surface area contributed by atoms with Crippen molar-refractivity contribution >= 4 is 5.91 Å². The molecule has 3 heteroatoms. The molecular weight excluding hydrogens is 229 g/mol. The monoisotopic (exact) mass is 249 g/mol. The van der Waals surface area contributed by atoms with Crippen molar-refractivity contribution in [1.29, 1.82) is 0 Å². The van der Waals surface area contributed by atoms with E-state index in [9.17, 15) is 9.18 Å². The summed E-state index contributed by atoms with van der Waals surface area (Å²) >= 11 is 0. The Hall–Kier alpha value is -1.38. The lowest BCUT2D eigenvalue weighted by atomic mass is 9.84. The summed E-state index contributed by atoms with van der Waals surface area (Å²) in [7, 11) is 0. The van der Waals surface area contributed by atoms with E-state index in [1.54, 1.807) is 12.1 Å². The summed E-state index contributed by atoms with van der Waals surface area (Å²) in [5.74, 6) is -0.0302. The molecule has 1 aliphatic rings. The van der Waals surface area contributed by atoms with Crippen molar-refractivity contribution in [1.82, 2.24) is 5.32 Å². The highest BCUT2D eigenvalue weighted by Crippen LogP contribution is 2.26. The van der Waals surface area contributed by atoms with Gasteiger partial charge in [0.1, 0.15) is 5.82 Å². The minimum Gasteiger partial charge on any atom is -0.349 e. The number of benzene rings is 1. The Balaban J connectivity index is 1.97. The fraction of sp³-hybridized carbons (Fsp3) is 0.533. The second kappa shape index (κ2) is 5.98. The molecule has 2 unspecified atom stereocenters. The summed E-state index contributed by atoms with van der Waals surface area (Å²) in [5.41, 5.74) is 0.149. The van der Waals surface area contributed by atoms with E-state index < -0.39 is 5.82 Å². The molecular formula is C15H20FNO. The maximum atomic E-state index is 13.5. The van der Waals surface area contributed by atoms with Gasteiger partial charge in [-0.25, -0.2) is 4.39 Å². The van der Waals surface area contributed by atoms with Crippen LogP contribution < -0.4 is 5.32 Å². The van der Waals surface area contributed by atoms with Gasteiger partial charge in [-0.3, -0.25) is 4.79 Å². The van der Waals surface area contributed by atoms with Crippen LogP contribution in [0.4, 0.5) is 4.39 Å². The average molecular weight is 249 g/mol. The lowest BCUT2D eigenvalue weighted by molar-refractivity contribution is 0.0915. The molecule has 2 rings (SSSR count). The zero-order valence-corrected chi connectivity index (χ0v) is 10.8. The van der Waals surface area contributed by atoms with Gasteiger partial charge in [-0.1, -0.05) is 38.3 Å². The molecule has 0 bridgehead atoms. The predicted molar refractivity (Wildman–Crippen MR) is 69.9 cm³/mol. The Labute approximate surface area is 108 Å². The first-order chi connectivity index (χ1) is 8.70. The van der Waals surface area contributed by atoms with Crippen molar-refractivity contribution in [2.45, 2.75) is 45.1 Å². The van der Waals surface area contributed by atoms with Gasteiger partial charge in [-0.2, -0.15) is 0 Å². The van der Waals surface area contributed by atoms with Crippen molar-refractivity contribution < 1.29 is 9.18 Å². The molecule has 1 fully saturated rings. The molecule has 1 aromatic carbocycles. The van der Waals surface area contributed by atoms with E-state index in [2.05, 4.69) is 12.2 Å². The topological polar surface area (TPSA) is 29.1 Å². The third-order valence-corrected chi connectivity index (χ3v) is 3.81. The molecule has 1 aromatic rings. The summed E-state index contributed by atoms with van der Waals surface area (Å²) in [6.07, 6.45) is 5.60. The number of halogens is 1. The van der Waals surface area contributed by atoms with Crippen LogP contribution >= 0.6 is 0 Å². The molecule has 2 atom stereocenters. The van der Waals surface area contributed by atoms with E-state index >= 15 is 0 Å². The molecule has 0 saturated heterocycles. The normalized spacial score (nSPS) is 23.7. The van der Waals surface area contributed by atoms with Crippen LogP contribution in [0.25, 0.3) is 0 Å². The number of carbonyl (C=O) groups excluding carboxylic acids is 1. The molecule has 0 radical (unpaired) electrons. The Kier molecular flexibility index (Phi) is 4.34. The van der Waals surface area contributed by atoms with E-state index in [4.69, 9.17) is 0 Å². The lowest BCUT2D eigenvalue weighted by Gasteiger charge is -2.29. The van der Waals surface area contributed by atoms with Crippen LogP contribution in [0.15, 0.2) is 24.3 Å². The highest BCUT2D eigenvalue weighted by atomic mass is 19.1. The van der Waals surface area contributed by atoms with Crippen molar-refractivity contribution in [2.24, 2.45) is 5.92 Å².